The quantitative estimate of drug-likeness (QED) is 0.873. The first-order chi connectivity index (χ1) is 9.22. The zero-order chi connectivity index (χ0) is 13.3. The van der Waals surface area contributed by atoms with Crippen LogP contribution >= 0.6 is 0 Å². The Labute approximate surface area is 115 Å². The highest BCUT2D eigenvalue weighted by Gasteiger charge is 2.33. The van der Waals surface area contributed by atoms with E-state index in [1.165, 1.54) is 37.7 Å². The molecule has 2 aliphatic rings. The molecule has 104 valence electrons. The monoisotopic (exact) mass is 261 g/mol. The number of hydrogen-bond donors (Lipinski definition) is 2. The van der Waals surface area contributed by atoms with Crippen LogP contribution in [0.5, 0.6) is 11.5 Å². The molecule has 0 bridgehead atoms. The Morgan fingerprint density at radius 3 is 2.89 bits per heavy atom. The third-order valence-corrected chi connectivity index (χ3v) is 4.92. The molecule has 19 heavy (non-hydrogen) atoms. The van der Waals surface area contributed by atoms with E-state index in [1.54, 1.807) is 12.1 Å². The molecule has 1 aromatic rings. The predicted molar refractivity (Wildman–Crippen MR) is 75.5 cm³/mol. The summed E-state index contributed by atoms with van der Waals surface area (Å²) >= 11 is 0. The molecule has 1 heterocycles. The van der Waals surface area contributed by atoms with Gasteiger partial charge < -0.3 is 15.2 Å². The van der Waals surface area contributed by atoms with Gasteiger partial charge in [-0.2, -0.15) is 0 Å². The number of phenols is 1. The lowest BCUT2D eigenvalue weighted by Crippen LogP contribution is -2.34. The van der Waals surface area contributed by atoms with Crippen molar-refractivity contribution in [3.05, 3.63) is 23.8 Å². The number of phenolic OH excluding ortho intramolecular Hbond substituents is 1. The Balaban J connectivity index is 1.66. The molecule has 0 radical (unpaired) electrons. The van der Waals surface area contributed by atoms with Crippen LogP contribution in [0.2, 0.25) is 0 Å². The molecule has 1 atom stereocenters. The molecule has 0 spiro atoms. The van der Waals surface area contributed by atoms with Crippen LogP contribution in [-0.2, 0) is 0 Å². The van der Waals surface area contributed by atoms with Gasteiger partial charge >= 0.3 is 0 Å². The van der Waals surface area contributed by atoms with Crippen molar-refractivity contribution < 1.29 is 9.84 Å². The molecule has 1 fully saturated rings. The second-order valence-electron chi connectivity index (χ2n) is 6.03. The average molecular weight is 261 g/mol. The largest absolute Gasteiger partial charge is 0.508 e. The van der Waals surface area contributed by atoms with Gasteiger partial charge in [0.1, 0.15) is 18.1 Å². The van der Waals surface area contributed by atoms with Gasteiger partial charge in [0.15, 0.2) is 0 Å². The van der Waals surface area contributed by atoms with Crippen molar-refractivity contribution in [3.63, 3.8) is 0 Å². The van der Waals surface area contributed by atoms with Crippen molar-refractivity contribution in [1.29, 1.82) is 0 Å². The summed E-state index contributed by atoms with van der Waals surface area (Å²) in [4.78, 5) is 0. The molecule has 3 heteroatoms. The molecule has 3 rings (SSSR count). The van der Waals surface area contributed by atoms with Crippen LogP contribution < -0.4 is 10.1 Å². The number of benzene rings is 1. The predicted octanol–water partition coefficient (Wildman–Crippen LogP) is 3.39. The van der Waals surface area contributed by atoms with Crippen LogP contribution in [0.1, 0.15) is 50.6 Å². The summed E-state index contributed by atoms with van der Waals surface area (Å²) in [6, 6.07) is 5.71. The van der Waals surface area contributed by atoms with Crippen molar-refractivity contribution in [1.82, 2.24) is 5.32 Å². The number of fused-ring (bicyclic) bond motifs is 1. The Bertz CT molecular complexity index is 452. The number of hydrogen-bond acceptors (Lipinski definition) is 3. The summed E-state index contributed by atoms with van der Waals surface area (Å²) in [7, 11) is 0. The summed E-state index contributed by atoms with van der Waals surface area (Å²) in [5.41, 5.74) is 1.68. The maximum absolute atomic E-state index is 9.46. The van der Waals surface area contributed by atoms with Crippen molar-refractivity contribution in [2.24, 2.45) is 5.41 Å². The third-order valence-electron chi connectivity index (χ3n) is 4.92. The molecule has 3 nitrogen and oxygen atoms in total. The minimum atomic E-state index is 0.277. The van der Waals surface area contributed by atoms with E-state index >= 15 is 0 Å². The van der Waals surface area contributed by atoms with Crippen LogP contribution in [0.25, 0.3) is 0 Å². The molecular weight excluding hydrogens is 238 g/mol. The fraction of sp³-hybridized carbons (Fsp3) is 0.625. The highest BCUT2D eigenvalue weighted by atomic mass is 16.5. The Hall–Kier alpha value is -1.22. The van der Waals surface area contributed by atoms with Gasteiger partial charge in [-0.3, -0.25) is 0 Å². The van der Waals surface area contributed by atoms with Gasteiger partial charge in [-0.25, -0.2) is 0 Å². The Kier molecular flexibility index (Phi) is 3.40. The zero-order valence-corrected chi connectivity index (χ0v) is 11.6. The van der Waals surface area contributed by atoms with Crippen molar-refractivity contribution in [2.75, 3.05) is 13.2 Å². The Morgan fingerprint density at radius 1 is 1.37 bits per heavy atom. The molecular formula is C16H23NO2. The van der Waals surface area contributed by atoms with Gasteiger partial charge in [0.05, 0.1) is 6.04 Å². The van der Waals surface area contributed by atoms with E-state index in [-0.39, 0.29) is 11.8 Å². The second-order valence-corrected chi connectivity index (χ2v) is 6.03. The van der Waals surface area contributed by atoms with Gasteiger partial charge in [-0.05, 0) is 36.8 Å². The lowest BCUT2D eigenvalue weighted by Gasteiger charge is -2.29. The first-order valence-corrected chi connectivity index (χ1v) is 7.41. The number of ether oxygens (including phenoxy) is 1. The number of aromatic hydroxyl groups is 1. The molecule has 1 aliphatic carbocycles. The lowest BCUT2D eigenvalue weighted by molar-refractivity contribution is 0.238. The van der Waals surface area contributed by atoms with E-state index in [9.17, 15) is 5.11 Å². The normalized spacial score (nSPS) is 24.2. The van der Waals surface area contributed by atoms with E-state index in [0.29, 0.717) is 12.0 Å². The average Bonchev–Trinajstić information content (AvgIpc) is 3.03. The molecule has 2 N–H and O–H groups in total. The highest BCUT2D eigenvalue weighted by molar-refractivity contribution is 5.44. The number of nitrogens with one attached hydrogen (secondary N) is 1. The van der Waals surface area contributed by atoms with E-state index in [4.69, 9.17) is 4.74 Å². The summed E-state index contributed by atoms with van der Waals surface area (Å²) in [5.74, 6) is 1.11. The molecule has 1 aliphatic heterocycles. The first-order valence-electron chi connectivity index (χ1n) is 7.41. The van der Waals surface area contributed by atoms with Crippen LogP contribution in [-0.4, -0.2) is 18.3 Å². The van der Waals surface area contributed by atoms with Crippen LogP contribution in [0, 0.1) is 5.41 Å². The molecule has 1 unspecified atom stereocenters. The highest BCUT2D eigenvalue weighted by Crippen LogP contribution is 2.41. The standard InChI is InChI=1S/C16H23NO2/c1-2-16(7-3-4-8-16)11-17-14-10-19-15-9-12(18)5-6-13(14)15/h5-6,9,14,17-18H,2-4,7-8,10-11H2,1H3. The molecule has 0 saturated heterocycles. The molecule has 0 amide bonds. The fourth-order valence-corrected chi connectivity index (χ4v) is 3.49. The zero-order valence-electron chi connectivity index (χ0n) is 11.6. The van der Waals surface area contributed by atoms with E-state index in [0.717, 1.165) is 12.3 Å². The third kappa shape index (κ3) is 2.44. The minimum absolute atomic E-state index is 0.277. The van der Waals surface area contributed by atoms with Crippen molar-refractivity contribution in [3.8, 4) is 11.5 Å². The van der Waals surface area contributed by atoms with E-state index in [1.807, 2.05) is 6.07 Å². The van der Waals surface area contributed by atoms with Gasteiger partial charge in [0.2, 0.25) is 0 Å². The molecule has 1 saturated carbocycles. The van der Waals surface area contributed by atoms with Gasteiger partial charge in [0.25, 0.3) is 0 Å². The summed E-state index contributed by atoms with van der Waals surface area (Å²) < 4.78 is 5.65. The molecule has 0 aromatic heterocycles. The second kappa shape index (κ2) is 5.04. The molecule has 1 aromatic carbocycles. The van der Waals surface area contributed by atoms with Gasteiger partial charge in [0, 0.05) is 18.2 Å². The van der Waals surface area contributed by atoms with E-state index in [2.05, 4.69) is 12.2 Å². The van der Waals surface area contributed by atoms with Gasteiger partial charge in [-0.15, -0.1) is 0 Å². The summed E-state index contributed by atoms with van der Waals surface area (Å²) in [6.07, 6.45) is 6.72. The van der Waals surface area contributed by atoms with Crippen LogP contribution in [0.15, 0.2) is 18.2 Å². The number of rotatable bonds is 4. The first kappa shape index (κ1) is 12.8. The topological polar surface area (TPSA) is 41.5 Å². The Morgan fingerprint density at radius 2 is 2.16 bits per heavy atom. The smallest absolute Gasteiger partial charge is 0.127 e. The maximum atomic E-state index is 9.46. The summed E-state index contributed by atoms with van der Waals surface area (Å²) in [5, 5.41) is 13.1. The maximum Gasteiger partial charge on any atom is 0.127 e. The summed E-state index contributed by atoms with van der Waals surface area (Å²) in [6.45, 7) is 4.07. The van der Waals surface area contributed by atoms with Gasteiger partial charge in [-0.1, -0.05) is 19.8 Å². The SMILES string of the molecule is CCC1(CNC2COc3cc(O)ccc32)CCCC1. The fourth-order valence-electron chi connectivity index (χ4n) is 3.49. The van der Waals surface area contributed by atoms with Crippen LogP contribution in [0.4, 0.5) is 0 Å². The minimum Gasteiger partial charge on any atom is -0.508 e. The van der Waals surface area contributed by atoms with Crippen molar-refractivity contribution >= 4 is 0 Å². The van der Waals surface area contributed by atoms with Crippen LogP contribution in [0.3, 0.4) is 0 Å². The lowest BCUT2D eigenvalue weighted by atomic mass is 9.83. The van der Waals surface area contributed by atoms with E-state index < -0.39 is 0 Å². The van der Waals surface area contributed by atoms with Crippen molar-refractivity contribution in [2.45, 2.75) is 45.1 Å².